The first kappa shape index (κ1) is 17.5. The quantitative estimate of drug-likeness (QED) is 0.853. The molecule has 1 heterocycles. The zero-order chi connectivity index (χ0) is 16.9. The van der Waals surface area contributed by atoms with Crippen molar-refractivity contribution in [3.05, 3.63) is 35.9 Å². The number of carbonyl (C=O) groups is 1. The van der Waals surface area contributed by atoms with Crippen molar-refractivity contribution in [1.29, 1.82) is 0 Å². The fraction of sp³-hybridized carbons (Fsp3) is 0.667. The molecule has 1 aromatic rings. The zero-order valence-electron chi connectivity index (χ0n) is 15.0. The molecule has 1 aliphatic heterocycles. The average molecular weight is 329 g/mol. The van der Waals surface area contributed by atoms with E-state index >= 15 is 0 Å². The predicted octanol–water partition coefficient (Wildman–Crippen LogP) is 4.11. The third-order valence-electron chi connectivity index (χ3n) is 5.44. The second-order valence-corrected chi connectivity index (χ2v) is 7.92. The van der Waals surface area contributed by atoms with Gasteiger partial charge in [-0.2, -0.15) is 0 Å². The number of benzene rings is 1. The van der Waals surface area contributed by atoms with Crippen molar-refractivity contribution in [3.63, 3.8) is 0 Å². The van der Waals surface area contributed by atoms with Gasteiger partial charge in [0.1, 0.15) is 0 Å². The van der Waals surface area contributed by atoms with E-state index in [9.17, 15) is 4.79 Å². The van der Waals surface area contributed by atoms with Crippen LogP contribution in [0.3, 0.4) is 0 Å². The molecule has 0 spiro atoms. The molecule has 0 radical (unpaired) electrons. The molecule has 1 aliphatic carbocycles. The van der Waals surface area contributed by atoms with Crippen LogP contribution in [0.2, 0.25) is 0 Å². The SMILES string of the molecule is CC(C)CC(=O)N[C@@H]1C[C@H](CCc2ccccc2)O[C@@H]2CCC[C@@H]12. The van der Waals surface area contributed by atoms with Crippen LogP contribution in [0.15, 0.2) is 30.3 Å². The van der Waals surface area contributed by atoms with Crippen molar-refractivity contribution in [2.24, 2.45) is 11.8 Å². The molecule has 1 N–H and O–H groups in total. The highest BCUT2D eigenvalue weighted by Crippen LogP contribution is 2.38. The Hall–Kier alpha value is -1.35. The van der Waals surface area contributed by atoms with Crippen molar-refractivity contribution in [1.82, 2.24) is 5.32 Å². The minimum absolute atomic E-state index is 0.212. The van der Waals surface area contributed by atoms with E-state index in [4.69, 9.17) is 4.74 Å². The van der Waals surface area contributed by atoms with Gasteiger partial charge in [-0.25, -0.2) is 0 Å². The lowest BCUT2D eigenvalue weighted by Crippen LogP contribution is -2.50. The maximum atomic E-state index is 12.2. The highest BCUT2D eigenvalue weighted by Gasteiger charge is 2.41. The van der Waals surface area contributed by atoms with Gasteiger partial charge in [0.25, 0.3) is 0 Å². The molecular weight excluding hydrogens is 298 g/mol. The molecule has 0 bridgehead atoms. The van der Waals surface area contributed by atoms with Gasteiger partial charge in [0, 0.05) is 18.4 Å². The largest absolute Gasteiger partial charge is 0.375 e. The molecule has 1 saturated heterocycles. The molecule has 0 aromatic heterocycles. The van der Waals surface area contributed by atoms with Crippen LogP contribution in [0.4, 0.5) is 0 Å². The van der Waals surface area contributed by atoms with Crippen LogP contribution in [0.5, 0.6) is 0 Å². The van der Waals surface area contributed by atoms with Gasteiger partial charge in [-0.1, -0.05) is 50.6 Å². The minimum atomic E-state index is 0.212. The van der Waals surface area contributed by atoms with E-state index in [1.165, 1.54) is 18.4 Å². The Labute approximate surface area is 146 Å². The molecule has 2 fully saturated rings. The number of nitrogens with one attached hydrogen (secondary N) is 1. The van der Waals surface area contributed by atoms with Gasteiger partial charge in [-0.05, 0) is 43.6 Å². The normalized spacial score (nSPS) is 29.5. The summed E-state index contributed by atoms with van der Waals surface area (Å²) in [7, 11) is 0. The van der Waals surface area contributed by atoms with Crippen molar-refractivity contribution in [2.45, 2.75) is 77.0 Å². The predicted molar refractivity (Wildman–Crippen MR) is 96.8 cm³/mol. The zero-order valence-corrected chi connectivity index (χ0v) is 15.0. The Kier molecular flexibility index (Phi) is 5.94. The summed E-state index contributed by atoms with van der Waals surface area (Å²) in [6, 6.07) is 10.9. The third kappa shape index (κ3) is 4.60. The molecule has 3 rings (SSSR count). The van der Waals surface area contributed by atoms with Gasteiger partial charge in [-0.15, -0.1) is 0 Å². The van der Waals surface area contributed by atoms with Crippen LogP contribution >= 0.6 is 0 Å². The first-order valence-electron chi connectivity index (χ1n) is 9.60. The van der Waals surface area contributed by atoms with E-state index in [-0.39, 0.29) is 12.0 Å². The molecule has 2 aliphatic rings. The summed E-state index contributed by atoms with van der Waals surface area (Å²) in [5.74, 6) is 1.15. The second-order valence-electron chi connectivity index (χ2n) is 7.92. The summed E-state index contributed by atoms with van der Waals surface area (Å²) < 4.78 is 6.37. The Morgan fingerprint density at radius 3 is 2.79 bits per heavy atom. The number of carbonyl (C=O) groups excluding carboxylic acids is 1. The molecule has 1 amide bonds. The summed E-state index contributed by atoms with van der Waals surface area (Å²) in [6.07, 6.45) is 7.90. The van der Waals surface area contributed by atoms with Crippen LogP contribution < -0.4 is 5.32 Å². The van der Waals surface area contributed by atoms with Crippen LogP contribution in [0, 0.1) is 11.8 Å². The van der Waals surface area contributed by atoms with E-state index in [1.807, 2.05) is 0 Å². The van der Waals surface area contributed by atoms with Gasteiger partial charge in [0.05, 0.1) is 12.2 Å². The first-order valence-corrected chi connectivity index (χ1v) is 9.60. The number of rotatable bonds is 6. The highest BCUT2D eigenvalue weighted by molar-refractivity contribution is 5.76. The van der Waals surface area contributed by atoms with E-state index in [2.05, 4.69) is 49.5 Å². The lowest BCUT2D eigenvalue weighted by Gasteiger charge is -2.39. The Morgan fingerprint density at radius 2 is 2.04 bits per heavy atom. The van der Waals surface area contributed by atoms with Gasteiger partial charge < -0.3 is 10.1 Å². The third-order valence-corrected chi connectivity index (χ3v) is 5.44. The first-order chi connectivity index (χ1) is 11.6. The maximum Gasteiger partial charge on any atom is 0.220 e. The number of fused-ring (bicyclic) bond motifs is 1. The Bertz CT molecular complexity index is 528. The summed E-state index contributed by atoms with van der Waals surface area (Å²) in [5, 5.41) is 3.33. The van der Waals surface area contributed by atoms with E-state index in [1.54, 1.807) is 0 Å². The topological polar surface area (TPSA) is 38.3 Å². The molecule has 4 atom stereocenters. The fourth-order valence-electron chi connectivity index (χ4n) is 4.31. The Balaban J connectivity index is 1.57. The van der Waals surface area contributed by atoms with E-state index < -0.39 is 0 Å². The number of amides is 1. The number of hydrogen-bond acceptors (Lipinski definition) is 2. The fourth-order valence-corrected chi connectivity index (χ4v) is 4.31. The van der Waals surface area contributed by atoms with Gasteiger partial charge >= 0.3 is 0 Å². The molecule has 1 saturated carbocycles. The molecule has 132 valence electrons. The van der Waals surface area contributed by atoms with E-state index in [0.717, 1.165) is 25.7 Å². The molecule has 3 nitrogen and oxygen atoms in total. The van der Waals surface area contributed by atoms with E-state index in [0.29, 0.717) is 30.4 Å². The summed E-state index contributed by atoms with van der Waals surface area (Å²) in [4.78, 5) is 12.2. The van der Waals surface area contributed by atoms with Crippen molar-refractivity contribution < 1.29 is 9.53 Å². The molecular formula is C21H31NO2. The molecule has 1 aromatic carbocycles. The lowest BCUT2D eigenvalue weighted by atomic mass is 9.86. The van der Waals surface area contributed by atoms with Crippen LogP contribution in [-0.4, -0.2) is 24.2 Å². The monoisotopic (exact) mass is 329 g/mol. The molecule has 24 heavy (non-hydrogen) atoms. The maximum absolute atomic E-state index is 12.2. The van der Waals surface area contributed by atoms with Crippen LogP contribution in [0.25, 0.3) is 0 Å². The summed E-state index contributed by atoms with van der Waals surface area (Å²) in [6.45, 7) is 4.20. The van der Waals surface area contributed by atoms with Gasteiger partial charge in [0.2, 0.25) is 5.91 Å². The van der Waals surface area contributed by atoms with Crippen LogP contribution in [-0.2, 0) is 16.0 Å². The van der Waals surface area contributed by atoms with Crippen molar-refractivity contribution in [3.8, 4) is 0 Å². The molecule has 0 unspecified atom stereocenters. The van der Waals surface area contributed by atoms with Crippen molar-refractivity contribution >= 4 is 5.91 Å². The second kappa shape index (κ2) is 8.15. The molecule has 3 heteroatoms. The number of hydrogen-bond donors (Lipinski definition) is 1. The minimum Gasteiger partial charge on any atom is -0.375 e. The van der Waals surface area contributed by atoms with Gasteiger partial charge in [0.15, 0.2) is 0 Å². The number of aryl methyl sites for hydroxylation is 1. The van der Waals surface area contributed by atoms with Crippen LogP contribution in [0.1, 0.15) is 57.9 Å². The summed E-state index contributed by atoms with van der Waals surface area (Å²) in [5.41, 5.74) is 1.37. The summed E-state index contributed by atoms with van der Waals surface area (Å²) >= 11 is 0. The average Bonchev–Trinajstić information content (AvgIpc) is 3.02. The van der Waals surface area contributed by atoms with Crippen molar-refractivity contribution in [2.75, 3.05) is 0 Å². The lowest BCUT2D eigenvalue weighted by molar-refractivity contribution is -0.127. The smallest absolute Gasteiger partial charge is 0.220 e. The highest BCUT2D eigenvalue weighted by atomic mass is 16.5. The number of ether oxygens (including phenoxy) is 1. The Morgan fingerprint density at radius 1 is 1.25 bits per heavy atom. The standard InChI is InChI=1S/C21H31NO2/c1-15(2)13-21(23)22-19-14-17(24-20-10-6-9-18(19)20)12-11-16-7-4-3-5-8-16/h3-5,7-8,15,17-20H,6,9-14H2,1-2H3,(H,22,23)/t17-,18-,19+,20+/m0/s1. The van der Waals surface area contributed by atoms with Gasteiger partial charge in [-0.3, -0.25) is 4.79 Å².